The second-order valence-corrected chi connectivity index (χ2v) is 17.6. The number of hydrogen-bond acceptors (Lipinski definition) is 14. The molecule has 2 bridgehead atoms. The van der Waals surface area contributed by atoms with E-state index in [0.717, 1.165) is 6.92 Å². The fraction of sp³-hybridized carbons (Fsp3) is 0.558. The van der Waals surface area contributed by atoms with E-state index < -0.39 is 112 Å². The average Bonchev–Trinajstić information content (AvgIpc) is 3.14. The van der Waals surface area contributed by atoms with E-state index in [0.29, 0.717) is 5.56 Å². The molecule has 58 heavy (non-hydrogen) atoms. The molecule has 3 aliphatic carbocycles. The largest absolute Gasteiger partial charge is 0.456 e. The van der Waals surface area contributed by atoms with Crippen molar-refractivity contribution in [2.24, 2.45) is 16.7 Å². The molecule has 3 fully saturated rings. The molecule has 2 saturated carbocycles. The van der Waals surface area contributed by atoms with Crippen LogP contribution >= 0.6 is 0 Å². The van der Waals surface area contributed by atoms with E-state index in [2.05, 4.69) is 5.32 Å². The van der Waals surface area contributed by atoms with Crippen molar-refractivity contribution in [1.29, 1.82) is 0 Å². The highest BCUT2D eigenvalue weighted by Gasteiger charge is 2.78. The van der Waals surface area contributed by atoms with Gasteiger partial charge in [-0.05, 0) is 63.5 Å². The Morgan fingerprint density at radius 2 is 1.55 bits per heavy atom. The Bertz CT molecular complexity index is 1980. The highest BCUT2D eigenvalue weighted by Crippen LogP contribution is 2.64. The van der Waals surface area contributed by atoms with Crippen LogP contribution in [0, 0.1) is 16.7 Å². The molecule has 11 atom stereocenters. The summed E-state index contributed by atoms with van der Waals surface area (Å²) in [6.07, 6.45) is -11.5. The van der Waals surface area contributed by atoms with Crippen LogP contribution in [0.4, 0.5) is 4.79 Å². The number of rotatable bonds is 8. The van der Waals surface area contributed by atoms with Gasteiger partial charge in [-0.3, -0.25) is 9.59 Å². The second kappa shape index (κ2) is 15.2. The zero-order valence-electron chi connectivity index (χ0n) is 33.9. The van der Waals surface area contributed by atoms with Crippen molar-refractivity contribution >= 4 is 29.8 Å². The minimum Gasteiger partial charge on any atom is -0.456 e. The molecule has 1 aliphatic heterocycles. The van der Waals surface area contributed by atoms with Crippen LogP contribution in [-0.4, -0.2) is 110 Å². The van der Waals surface area contributed by atoms with Crippen molar-refractivity contribution in [3.63, 3.8) is 0 Å². The molecule has 5 N–H and O–H groups in total. The number of aliphatic hydroxyl groups excluding tert-OH is 3. The van der Waals surface area contributed by atoms with Crippen molar-refractivity contribution in [2.75, 3.05) is 6.61 Å². The minimum atomic E-state index is -2.35. The van der Waals surface area contributed by atoms with E-state index in [9.17, 15) is 44.4 Å². The monoisotopic (exact) mass is 807 g/mol. The first-order valence-electron chi connectivity index (χ1n) is 19.3. The van der Waals surface area contributed by atoms with E-state index in [1.54, 1.807) is 83.1 Å². The van der Waals surface area contributed by atoms with Gasteiger partial charge >= 0.3 is 24.0 Å². The summed E-state index contributed by atoms with van der Waals surface area (Å²) in [7, 11) is 0. The molecular weight excluding hydrogens is 754 g/mol. The van der Waals surface area contributed by atoms with Gasteiger partial charge in [-0.2, -0.15) is 0 Å². The van der Waals surface area contributed by atoms with E-state index in [1.807, 2.05) is 0 Å². The number of benzene rings is 2. The Morgan fingerprint density at radius 3 is 2.10 bits per heavy atom. The molecule has 15 heteroatoms. The Labute approximate surface area is 336 Å². The molecule has 0 spiro atoms. The Balaban J connectivity index is 1.49. The number of ketones is 1. The van der Waals surface area contributed by atoms with Crippen LogP contribution in [-0.2, 0) is 38.1 Å². The van der Waals surface area contributed by atoms with Crippen molar-refractivity contribution in [3.8, 4) is 0 Å². The van der Waals surface area contributed by atoms with Gasteiger partial charge in [0.2, 0.25) is 0 Å². The number of alkyl carbamates (subject to hydrolysis) is 1. The van der Waals surface area contributed by atoms with Gasteiger partial charge in [0.15, 0.2) is 17.5 Å². The fourth-order valence-electron chi connectivity index (χ4n) is 9.56. The highest BCUT2D eigenvalue weighted by molar-refractivity contribution is 5.94. The lowest BCUT2D eigenvalue weighted by Gasteiger charge is -2.67. The summed E-state index contributed by atoms with van der Waals surface area (Å²) in [6.45, 7) is 11.8. The molecular formula is C43H53NO14. The third-order valence-corrected chi connectivity index (χ3v) is 12.6. The number of nitrogens with one attached hydrogen (secondary N) is 1. The SMILES string of the molecule is CC(=O)O[C@]12CO[C@@H]1C[C@H](O)[C@]1(C)C(=O)[C@H](O)C3=C(C)[C@H](OC(=O)[C@H](O)[C@@H](NC(=O)OC(C)(C)C)c4ccccc4)C[C@](O)([C@H](OC(=O)c4ccccc4)C21)C3(C)C. The molecule has 4 aliphatic rings. The molecule has 1 heterocycles. The topological polar surface area (TPSA) is 224 Å². The molecule has 0 radical (unpaired) electrons. The lowest BCUT2D eigenvalue weighted by Crippen LogP contribution is -2.81. The molecule has 1 unspecified atom stereocenters. The normalized spacial score (nSPS) is 33.7. The zero-order valence-corrected chi connectivity index (χ0v) is 33.9. The average molecular weight is 808 g/mol. The van der Waals surface area contributed by atoms with Gasteiger partial charge in [0.25, 0.3) is 0 Å². The van der Waals surface area contributed by atoms with Crippen LogP contribution < -0.4 is 5.32 Å². The number of aliphatic hydroxyl groups is 4. The summed E-state index contributed by atoms with van der Waals surface area (Å²) in [5.41, 5.74) is -8.14. The lowest BCUT2D eigenvalue weighted by molar-refractivity contribution is -0.346. The van der Waals surface area contributed by atoms with Crippen molar-refractivity contribution in [1.82, 2.24) is 5.32 Å². The summed E-state index contributed by atoms with van der Waals surface area (Å²) in [5.74, 6) is -5.36. The molecule has 2 aromatic rings. The van der Waals surface area contributed by atoms with Crippen LogP contribution in [0.25, 0.3) is 0 Å². The third-order valence-electron chi connectivity index (χ3n) is 12.6. The van der Waals surface area contributed by atoms with Gasteiger partial charge < -0.3 is 49.4 Å². The Morgan fingerprint density at radius 1 is 0.948 bits per heavy atom. The van der Waals surface area contributed by atoms with Gasteiger partial charge in [-0.1, -0.05) is 62.4 Å². The third kappa shape index (κ3) is 7.10. The number of amides is 1. The smallest absolute Gasteiger partial charge is 0.408 e. The first-order chi connectivity index (χ1) is 27.0. The highest BCUT2D eigenvalue weighted by atomic mass is 16.6. The second-order valence-electron chi connectivity index (χ2n) is 17.6. The van der Waals surface area contributed by atoms with Gasteiger partial charge in [0.1, 0.15) is 35.6 Å². The number of Topliss-reactive ketones (excluding diaryl/α,β-unsaturated/α-hetero) is 1. The van der Waals surface area contributed by atoms with Crippen molar-refractivity contribution in [3.05, 3.63) is 82.9 Å². The first-order valence-corrected chi connectivity index (χ1v) is 19.3. The van der Waals surface area contributed by atoms with Gasteiger partial charge in [0, 0.05) is 25.2 Å². The van der Waals surface area contributed by atoms with Gasteiger partial charge in [-0.15, -0.1) is 0 Å². The summed E-state index contributed by atoms with van der Waals surface area (Å²) >= 11 is 0. The number of carbonyl (C=O) groups excluding carboxylic acids is 5. The molecule has 0 aromatic heterocycles. The van der Waals surface area contributed by atoms with Crippen molar-refractivity contribution in [2.45, 2.75) is 128 Å². The number of fused-ring (bicyclic) bond motifs is 5. The number of esters is 3. The fourth-order valence-corrected chi connectivity index (χ4v) is 9.56. The summed E-state index contributed by atoms with van der Waals surface area (Å²) in [5, 5.41) is 51.6. The van der Waals surface area contributed by atoms with E-state index >= 15 is 0 Å². The maximum absolute atomic E-state index is 14.9. The molecule has 1 saturated heterocycles. The Kier molecular flexibility index (Phi) is 11.2. The van der Waals surface area contributed by atoms with Crippen LogP contribution in [0.1, 0.15) is 90.2 Å². The molecule has 15 nitrogen and oxygen atoms in total. The van der Waals surface area contributed by atoms with E-state index in [4.69, 9.17) is 23.7 Å². The number of carbonyl (C=O) groups is 5. The van der Waals surface area contributed by atoms with Crippen LogP contribution in [0.2, 0.25) is 0 Å². The molecule has 2 aromatic carbocycles. The van der Waals surface area contributed by atoms with Gasteiger partial charge in [-0.25, -0.2) is 14.4 Å². The summed E-state index contributed by atoms with van der Waals surface area (Å²) in [4.78, 5) is 68.9. The molecule has 1 amide bonds. The number of ether oxygens (including phenoxy) is 5. The van der Waals surface area contributed by atoms with Crippen LogP contribution in [0.15, 0.2) is 71.8 Å². The quantitative estimate of drug-likeness (QED) is 0.147. The lowest BCUT2D eigenvalue weighted by atomic mass is 9.44. The summed E-state index contributed by atoms with van der Waals surface area (Å²) < 4.78 is 29.5. The molecule has 6 rings (SSSR count). The van der Waals surface area contributed by atoms with Crippen LogP contribution in [0.5, 0.6) is 0 Å². The first kappa shape index (κ1) is 42.9. The van der Waals surface area contributed by atoms with E-state index in [1.165, 1.54) is 26.0 Å². The Hall–Kier alpha value is -4.67. The number of hydrogen-bond donors (Lipinski definition) is 5. The predicted molar refractivity (Wildman–Crippen MR) is 204 cm³/mol. The zero-order chi connectivity index (χ0) is 42.7. The van der Waals surface area contributed by atoms with Crippen molar-refractivity contribution < 1.29 is 68.1 Å². The molecule has 314 valence electrons. The predicted octanol–water partition coefficient (Wildman–Crippen LogP) is 3.26. The van der Waals surface area contributed by atoms with Crippen LogP contribution in [0.3, 0.4) is 0 Å². The van der Waals surface area contributed by atoms with Gasteiger partial charge in [0.05, 0.1) is 35.6 Å². The maximum Gasteiger partial charge on any atom is 0.408 e. The standard InChI is InChI=1S/C43H53NO14/c1-22-26(55-37(51)32(48)30(24-15-11-9-12-16-24)44-38(52)58-39(3,4)5)20-43(53)35(56-36(50)25-17-13-10-14-18-25)33-41(8,34(49)31(47)29(22)40(43,6)7)27(46)19-28-42(33,21-54-28)57-23(2)45/h9-18,26-28,30-33,35,46-48,53H,19-21H2,1-8H3,(H,44,52)/t26-,27+,28-,30+,31-,32-,33?,35-,41+,42-,43+/m1/s1. The minimum absolute atomic E-state index is 0.0637. The maximum atomic E-state index is 14.9. The van der Waals surface area contributed by atoms with E-state index in [-0.39, 0.29) is 29.7 Å². The summed E-state index contributed by atoms with van der Waals surface area (Å²) in [6, 6.07) is 14.6.